The summed E-state index contributed by atoms with van der Waals surface area (Å²) in [5.74, 6) is -0.295. The van der Waals surface area contributed by atoms with Gasteiger partial charge in [0.25, 0.3) is 5.56 Å². The molecule has 5 heteroatoms. The minimum atomic E-state index is -0.295. The van der Waals surface area contributed by atoms with Gasteiger partial charge in [0, 0.05) is 17.5 Å². The number of nitrogens with zero attached hydrogens (tertiary/aromatic N) is 2. The Hall–Kier alpha value is -2.27. The molecule has 0 saturated heterocycles. The van der Waals surface area contributed by atoms with Crippen LogP contribution in [0.3, 0.4) is 0 Å². The van der Waals surface area contributed by atoms with Crippen molar-refractivity contribution in [3.8, 4) is 11.1 Å². The molecule has 106 valence electrons. The molecule has 0 aliphatic rings. The Kier molecular flexibility index (Phi) is 3.43. The highest BCUT2D eigenvalue weighted by atomic mass is 32.1. The van der Waals surface area contributed by atoms with E-state index in [1.165, 1.54) is 23.5 Å². The van der Waals surface area contributed by atoms with Crippen LogP contribution < -0.4 is 5.56 Å². The van der Waals surface area contributed by atoms with E-state index in [4.69, 9.17) is 0 Å². The van der Waals surface area contributed by atoms with Gasteiger partial charge in [0.05, 0.1) is 11.7 Å². The van der Waals surface area contributed by atoms with Gasteiger partial charge >= 0.3 is 0 Å². The minimum Gasteiger partial charge on any atom is -0.295 e. The molecular weight excluding hydrogens is 287 g/mol. The molecule has 21 heavy (non-hydrogen) atoms. The Morgan fingerprint density at radius 1 is 1.38 bits per heavy atom. The molecule has 0 saturated carbocycles. The maximum absolute atomic E-state index is 13.0. The number of fused-ring (bicyclic) bond motifs is 1. The van der Waals surface area contributed by atoms with Gasteiger partial charge < -0.3 is 0 Å². The maximum atomic E-state index is 13.0. The molecule has 0 aliphatic carbocycles. The standard InChI is InChI=1S/C16H13FN2OS/c1-10(2)7-19-9-18-15-14(16(19)20)13(8-21-15)11-3-5-12(17)6-4-11/h3-6,8-9H,1,7H2,2H3. The van der Waals surface area contributed by atoms with Crippen molar-refractivity contribution in [2.45, 2.75) is 13.5 Å². The highest BCUT2D eigenvalue weighted by Gasteiger charge is 2.13. The molecule has 1 aromatic carbocycles. The number of halogens is 1. The van der Waals surface area contributed by atoms with Gasteiger partial charge in [0.1, 0.15) is 10.6 Å². The molecule has 0 spiro atoms. The van der Waals surface area contributed by atoms with Gasteiger partial charge in [-0.3, -0.25) is 9.36 Å². The van der Waals surface area contributed by atoms with Gasteiger partial charge in [-0.15, -0.1) is 11.3 Å². The van der Waals surface area contributed by atoms with E-state index < -0.39 is 0 Å². The van der Waals surface area contributed by atoms with Crippen LogP contribution in [0, 0.1) is 5.82 Å². The third kappa shape index (κ3) is 2.52. The van der Waals surface area contributed by atoms with E-state index in [1.807, 2.05) is 12.3 Å². The lowest BCUT2D eigenvalue weighted by atomic mass is 10.1. The van der Waals surface area contributed by atoms with Crippen molar-refractivity contribution in [1.29, 1.82) is 0 Å². The normalized spacial score (nSPS) is 11.0. The molecule has 0 bridgehead atoms. The summed E-state index contributed by atoms with van der Waals surface area (Å²) in [6.45, 7) is 6.13. The van der Waals surface area contributed by atoms with Gasteiger partial charge in [-0.05, 0) is 24.6 Å². The monoisotopic (exact) mass is 300 g/mol. The molecule has 0 radical (unpaired) electrons. The largest absolute Gasteiger partial charge is 0.295 e. The minimum absolute atomic E-state index is 0.0939. The third-order valence-electron chi connectivity index (χ3n) is 3.16. The lowest BCUT2D eigenvalue weighted by molar-refractivity contribution is 0.628. The maximum Gasteiger partial charge on any atom is 0.263 e. The predicted octanol–water partition coefficient (Wildman–Crippen LogP) is 3.84. The van der Waals surface area contributed by atoms with Crippen LogP contribution in [0.25, 0.3) is 21.3 Å². The highest BCUT2D eigenvalue weighted by Crippen LogP contribution is 2.30. The third-order valence-corrected chi connectivity index (χ3v) is 4.04. The van der Waals surface area contributed by atoms with Crippen LogP contribution in [-0.4, -0.2) is 9.55 Å². The summed E-state index contributed by atoms with van der Waals surface area (Å²) in [6, 6.07) is 6.13. The van der Waals surface area contributed by atoms with Crippen LogP contribution in [0.4, 0.5) is 4.39 Å². The molecule has 2 heterocycles. The van der Waals surface area contributed by atoms with E-state index in [-0.39, 0.29) is 11.4 Å². The van der Waals surface area contributed by atoms with Crippen LogP contribution in [0.5, 0.6) is 0 Å². The molecule has 0 N–H and O–H groups in total. The van der Waals surface area contributed by atoms with Crippen molar-refractivity contribution in [3.63, 3.8) is 0 Å². The van der Waals surface area contributed by atoms with E-state index in [2.05, 4.69) is 11.6 Å². The Bertz CT molecular complexity index is 877. The van der Waals surface area contributed by atoms with E-state index in [0.29, 0.717) is 16.8 Å². The summed E-state index contributed by atoms with van der Waals surface area (Å²) in [6.07, 6.45) is 1.55. The first-order chi connectivity index (χ1) is 10.1. The van der Waals surface area contributed by atoms with Crippen LogP contribution in [0.2, 0.25) is 0 Å². The molecule has 0 aliphatic heterocycles. The molecule has 0 unspecified atom stereocenters. The fourth-order valence-corrected chi connectivity index (χ4v) is 3.12. The van der Waals surface area contributed by atoms with Crippen molar-refractivity contribution in [3.05, 3.63) is 64.3 Å². The average molecular weight is 300 g/mol. The fraction of sp³-hybridized carbons (Fsp3) is 0.125. The zero-order valence-corrected chi connectivity index (χ0v) is 12.3. The van der Waals surface area contributed by atoms with Crippen LogP contribution in [0.15, 0.2) is 52.9 Å². The van der Waals surface area contributed by atoms with Gasteiger partial charge in [-0.25, -0.2) is 9.37 Å². The Morgan fingerprint density at radius 3 is 2.76 bits per heavy atom. The second-order valence-electron chi connectivity index (χ2n) is 4.97. The first kappa shape index (κ1) is 13.7. The smallest absolute Gasteiger partial charge is 0.263 e. The summed E-state index contributed by atoms with van der Waals surface area (Å²) in [5.41, 5.74) is 2.40. The number of benzene rings is 1. The van der Waals surface area contributed by atoms with Crippen LogP contribution in [0.1, 0.15) is 6.92 Å². The summed E-state index contributed by atoms with van der Waals surface area (Å²) in [5, 5.41) is 2.47. The van der Waals surface area contributed by atoms with Gasteiger partial charge in [-0.2, -0.15) is 0 Å². The van der Waals surface area contributed by atoms with Crippen molar-refractivity contribution >= 4 is 21.6 Å². The Balaban J connectivity index is 2.22. The average Bonchev–Trinajstić information content (AvgIpc) is 2.87. The lowest BCUT2D eigenvalue weighted by Gasteiger charge is -2.05. The molecule has 2 aromatic heterocycles. The van der Waals surface area contributed by atoms with Gasteiger partial charge in [-0.1, -0.05) is 24.3 Å². The van der Waals surface area contributed by atoms with Crippen molar-refractivity contribution in [1.82, 2.24) is 9.55 Å². The van der Waals surface area contributed by atoms with E-state index in [9.17, 15) is 9.18 Å². The van der Waals surface area contributed by atoms with Gasteiger partial charge in [0.15, 0.2) is 0 Å². The zero-order chi connectivity index (χ0) is 15.0. The van der Waals surface area contributed by atoms with E-state index in [0.717, 1.165) is 16.7 Å². The summed E-state index contributed by atoms with van der Waals surface area (Å²) in [4.78, 5) is 17.6. The number of thiophene rings is 1. The van der Waals surface area contributed by atoms with Crippen molar-refractivity contribution in [2.24, 2.45) is 0 Å². The lowest BCUT2D eigenvalue weighted by Crippen LogP contribution is -2.20. The molecule has 0 fully saturated rings. The number of aromatic nitrogens is 2. The first-order valence-electron chi connectivity index (χ1n) is 6.43. The Labute approximate surface area is 125 Å². The fourth-order valence-electron chi connectivity index (χ4n) is 2.21. The SMILES string of the molecule is C=C(C)Cn1cnc2scc(-c3ccc(F)cc3)c2c1=O. The molecular formula is C16H13FN2OS. The summed E-state index contributed by atoms with van der Waals surface area (Å²) < 4.78 is 14.6. The highest BCUT2D eigenvalue weighted by molar-refractivity contribution is 7.17. The number of rotatable bonds is 3. The molecule has 0 amide bonds. The number of hydrogen-bond donors (Lipinski definition) is 0. The molecule has 3 nitrogen and oxygen atoms in total. The summed E-state index contributed by atoms with van der Waals surface area (Å²) >= 11 is 1.41. The van der Waals surface area contributed by atoms with Crippen LogP contribution >= 0.6 is 11.3 Å². The van der Waals surface area contributed by atoms with E-state index >= 15 is 0 Å². The number of allylic oxidation sites excluding steroid dienone is 1. The second kappa shape index (κ2) is 5.26. The zero-order valence-electron chi connectivity index (χ0n) is 11.5. The number of hydrogen-bond acceptors (Lipinski definition) is 3. The van der Waals surface area contributed by atoms with Gasteiger partial charge in [0.2, 0.25) is 0 Å². The van der Waals surface area contributed by atoms with Crippen molar-refractivity contribution in [2.75, 3.05) is 0 Å². The topological polar surface area (TPSA) is 34.9 Å². The summed E-state index contributed by atoms with van der Waals surface area (Å²) in [7, 11) is 0. The molecule has 3 aromatic rings. The quantitative estimate of drug-likeness (QED) is 0.689. The van der Waals surface area contributed by atoms with Crippen LogP contribution in [-0.2, 0) is 6.54 Å². The van der Waals surface area contributed by atoms with E-state index in [1.54, 1.807) is 23.0 Å². The molecule has 3 rings (SSSR count). The predicted molar refractivity (Wildman–Crippen MR) is 84.1 cm³/mol. The second-order valence-corrected chi connectivity index (χ2v) is 5.83. The first-order valence-corrected chi connectivity index (χ1v) is 7.31. The Morgan fingerprint density at radius 2 is 2.10 bits per heavy atom. The molecule has 0 atom stereocenters. The van der Waals surface area contributed by atoms with Crippen molar-refractivity contribution < 1.29 is 4.39 Å².